The monoisotopic (exact) mass is 514 g/mol. The number of benzene rings is 1. The van der Waals surface area contributed by atoms with Crippen molar-refractivity contribution in [2.75, 3.05) is 17.7 Å². The number of rotatable bonds is 6. The normalized spacial score (nSPS) is 10.6. The Morgan fingerprint density at radius 2 is 1.76 bits per heavy atom. The average Bonchev–Trinajstić information content (AvgIpc) is 3.29. The minimum Gasteiger partial charge on any atom is -0.494 e. The number of nitrogens with one attached hydrogen (secondary N) is 2. The predicted octanol–water partition coefficient (Wildman–Crippen LogP) is 5.12. The summed E-state index contributed by atoms with van der Waals surface area (Å²) in [5, 5.41) is 13.9. The number of carbonyl (C=O) groups is 2. The number of aromatic nitrogens is 4. The Balaban J connectivity index is 1.58. The molecule has 0 saturated carbocycles. The van der Waals surface area contributed by atoms with Gasteiger partial charge in [-0.15, -0.1) is 10.2 Å². The van der Waals surface area contributed by atoms with Gasteiger partial charge in [0.2, 0.25) is 10.1 Å². The van der Waals surface area contributed by atoms with Gasteiger partial charge in [0.1, 0.15) is 10.9 Å². The maximum absolute atomic E-state index is 13.1. The van der Waals surface area contributed by atoms with Crippen molar-refractivity contribution < 1.29 is 14.3 Å². The van der Waals surface area contributed by atoms with Gasteiger partial charge in [-0.2, -0.15) is 0 Å². The number of nitrogens with zero attached hydrogens (tertiary/aromatic N) is 4. The van der Waals surface area contributed by atoms with Gasteiger partial charge in [-0.1, -0.05) is 46.7 Å². The van der Waals surface area contributed by atoms with Crippen molar-refractivity contribution in [3.8, 4) is 16.9 Å². The fourth-order valence-corrected chi connectivity index (χ4v) is 4.00. The molecule has 1 aromatic carbocycles. The van der Waals surface area contributed by atoms with Crippen LogP contribution in [0.5, 0.6) is 5.75 Å². The third-order valence-corrected chi connectivity index (χ3v) is 5.96. The Morgan fingerprint density at radius 3 is 2.53 bits per heavy atom. The highest BCUT2D eigenvalue weighted by molar-refractivity contribution is 7.17. The van der Waals surface area contributed by atoms with Crippen molar-refractivity contribution in [3.05, 3.63) is 75.2 Å². The van der Waals surface area contributed by atoms with Gasteiger partial charge >= 0.3 is 0 Å². The third-order valence-electron chi connectivity index (χ3n) is 4.59. The van der Waals surface area contributed by atoms with Crippen LogP contribution in [-0.2, 0) is 0 Å². The number of amides is 2. The Kier molecular flexibility index (Phi) is 7.01. The van der Waals surface area contributed by atoms with E-state index >= 15 is 0 Å². The number of halogens is 2. The highest BCUT2D eigenvalue weighted by Gasteiger charge is 2.20. The second-order valence-electron chi connectivity index (χ2n) is 6.88. The Labute approximate surface area is 208 Å². The van der Waals surface area contributed by atoms with E-state index in [0.717, 1.165) is 11.3 Å². The molecule has 2 N–H and O–H groups in total. The third kappa shape index (κ3) is 5.14. The highest BCUT2D eigenvalue weighted by Crippen LogP contribution is 2.34. The minimum atomic E-state index is -0.500. The number of pyridine rings is 2. The number of hydrogen-bond donors (Lipinski definition) is 2. The van der Waals surface area contributed by atoms with Gasteiger partial charge in [0.15, 0.2) is 0 Å². The lowest BCUT2D eigenvalue weighted by atomic mass is 10.0. The summed E-state index contributed by atoms with van der Waals surface area (Å²) >= 11 is 13.1. The van der Waals surface area contributed by atoms with Crippen molar-refractivity contribution in [1.82, 2.24) is 20.2 Å². The molecule has 0 atom stereocenters. The van der Waals surface area contributed by atoms with Gasteiger partial charge in [-0.05, 0) is 31.2 Å². The molecule has 0 spiro atoms. The molecule has 0 aliphatic carbocycles. The summed E-state index contributed by atoms with van der Waals surface area (Å²) in [6, 6.07) is 10.2. The van der Waals surface area contributed by atoms with Gasteiger partial charge in [0.25, 0.3) is 11.8 Å². The van der Waals surface area contributed by atoms with Crippen molar-refractivity contribution in [2.45, 2.75) is 6.92 Å². The molecular formula is C22H16Cl2N6O3S. The van der Waals surface area contributed by atoms with E-state index in [1.165, 1.54) is 19.5 Å². The van der Waals surface area contributed by atoms with Crippen molar-refractivity contribution >= 4 is 57.2 Å². The number of methoxy groups -OCH3 is 1. The maximum atomic E-state index is 13.1. The van der Waals surface area contributed by atoms with Crippen LogP contribution in [0.3, 0.4) is 0 Å². The zero-order chi connectivity index (χ0) is 24.2. The summed E-state index contributed by atoms with van der Waals surface area (Å²) in [5.41, 5.74) is 2.51. The van der Waals surface area contributed by atoms with Crippen LogP contribution in [0.15, 0.2) is 48.8 Å². The summed E-state index contributed by atoms with van der Waals surface area (Å²) in [7, 11) is 1.50. The summed E-state index contributed by atoms with van der Waals surface area (Å²) in [5.74, 6) is -0.551. The van der Waals surface area contributed by atoms with Crippen LogP contribution in [0.2, 0.25) is 10.2 Å². The van der Waals surface area contributed by atoms with E-state index in [-0.39, 0.29) is 20.9 Å². The van der Waals surface area contributed by atoms with E-state index in [9.17, 15) is 9.59 Å². The van der Waals surface area contributed by atoms with Crippen LogP contribution < -0.4 is 15.4 Å². The Bertz CT molecular complexity index is 1390. The SMILES string of the molecule is COc1cnc(Cl)cc1-c1cc(C)ncc1C(=O)Nc1nnc(C(=O)Nc2ccccc2Cl)s1. The molecule has 2 amide bonds. The van der Waals surface area contributed by atoms with Gasteiger partial charge in [0, 0.05) is 23.0 Å². The van der Waals surface area contributed by atoms with Gasteiger partial charge < -0.3 is 10.1 Å². The number of ether oxygens (including phenoxy) is 1. The van der Waals surface area contributed by atoms with E-state index in [1.54, 1.807) is 43.3 Å². The molecule has 4 aromatic rings. The molecule has 3 aromatic heterocycles. The molecule has 3 heterocycles. The molecule has 0 unspecified atom stereocenters. The van der Waals surface area contributed by atoms with Crippen LogP contribution in [0.4, 0.5) is 10.8 Å². The molecule has 34 heavy (non-hydrogen) atoms. The summed E-state index contributed by atoms with van der Waals surface area (Å²) in [6.45, 7) is 1.80. The lowest BCUT2D eigenvalue weighted by Crippen LogP contribution is -2.14. The van der Waals surface area contributed by atoms with E-state index in [1.807, 2.05) is 0 Å². The lowest BCUT2D eigenvalue weighted by Gasteiger charge is -2.13. The van der Waals surface area contributed by atoms with Crippen molar-refractivity contribution in [1.29, 1.82) is 0 Å². The second-order valence-corrected chi connectivity index (χ2v) is 8.65. The molecule has 172 valence electrons. The van der Waals surface area contributed by atoms with E-state index in [0.29, 0.717) is 33.3 Å². The van der Waals surface area contributed by atoms with Gasteiger partial charge in [0.05, 0.1) is 29.6 Å². The fraction of sp³-hybridized carbons (Fsp3) is 0.0909. The van der Waals surface area contributed by atoms with E-state index in [4.69, 9.17) is 27.9 Å². The molecule has 0 fully saturated rings. The second kappa shape index (κ2) is 10.1. The predicted molar refractivity (Wildman–Crippen MR) is 131 cm³/mol. The first kappa shape index (κ1) is 23.6. The average molecular weight is 515 g/mol. The largest absolute Gasteiger partial charge is 0.494 e. The first-order chi connectivity index (χ1) is 16.4. The molecule has 0 radical (unpaired) electrons. The van der Waals surface area contributed by atoms with E-state index < -0.39 is 11.8 Å². The number of carbonyl (C=O) groups excluding carboxylic acids is 2. The maximum Gasteiger partial charge on any atom is 0.286 e. The molecule has 4 rings (SSSR count). The summed E-state index contributed by atoms with van der Waals surface area (Å²) < 4.78 is 5.39. The van der Waals surface area contributed by atoms with Crippen molar-refractivity contribution in [3.63, 3.8) is 0 Å². The lowest BCUT2D eigenvalue weighted by molar-refractivity contribution is 0.101. The van der Waals surface area contributed by atoms with Crippen LogP contribution in [0.25, 0.3) is 11.1 Å². The van der Waals surface area contributed by atoms with Crippen LogP contribution in [0.1, 0.15) is 25.9 Å². The Morgan fingerprint density at radius 1 is 0.971 bits per heavy atom. The molecular weight excluding hydrogens is 499 g/mol. The first-order valence-electron chi connectivity index (χ1n) is 9.73. The molecule has 0 bridgehead atoms. The van der Waals surface area contributed by atoms with Gasteiger partial charge in [-0.25, -0.2) is 4.98 Å². The Hall–Kier alpha value is -3.60. The fourth-order valence-electron chi connectivity index (χ4n) is 3.02. The molecule has 0 saturated heterocycles. The smallest absolute Gasteiger partial charge is 0.286 e. The molecule has 0 aliphatic rings. The summed E-state index contributed by atoms with van der Waals surface area (Å²) in [6.07, 6.45) is 2.92. The standard InChI is InChI=1S/C22H16Cl2N6O3S/c1-11-7-12(13-8-18(24)26-10-17(13)33-2)14(9-25-11)19(31)28-22-30-29-21(34-22)20(32)27-16-6-4-3-5-15(16)23/h3-10H,1-2H3,(H,27,32)(H,28,30,31). The van der Waals surface area contributed by atoms with E-state index in [2.05, 4.69) is 30.8 Å². The molecule has 0 aliphatic heterocycles. The summed E-state index contributed by atoms with van der Waals surface area (Å²) in [4.78, 5) is 33.8. The van der Waals surface area contributed by atoms with Crippen LogP contribution in [0, 0.1) is 6.92 Å². The molecule has 12 heteroatoms. The zero-order valence-corrected chi connectivity index (χ0v) is 20.1. The van der Waals surface area contributed by atoms with Crippen LogP contribution in [-0.4, -0.2) is 39.1 Å². The highest BCUT2D eigenvalue weighted by atomic mass is 35.5. The van der Waals surface area contributed by atoms with Crippen LogP contribution >= 0.6 is 34.5 Å². The quantitative estimate of drug-likeness (QED) is 0.342. The minimum absolute atomic E-state index is 0.0556. The number of para-hydroxylation sites is 1. The zero-order valence-electron chi connectivity index (χ0n) is 17.8. The molecule has 9 nitrogen and oxygen atoms in total. The topological polar surface area (TPSA) is 119 Å². The van der Waals surface area contributed by atoms with Gasteiger partial charge in [-0.3, -0.25) is 19.9 Å². The first-order valence-corrected chi connectivity index (χ1v) is 11.3. The number of anilines is 2. The van der Waals surface area contributed by atoms with Crippen molar-refractivity contribution in [2.24, 2.45) is 0 Å². The number of hydrogen-bond acceptors (Lipinski definition) is 8. The number of aryl methyl sites for hydroxylation is 1.